The van der Waals surface area contributed by atoms with Gasteiger partial charge in [0.15, 0.2) is 0 Å². The van der Waals surface area contributed by atoms with Crippen LogP contribution in [0.2, 0.25) is 0 Å². The maximum atomic E-state index is 2.35. The molecule has 0 spiro atoms. The van der Waals surface area contributed by atoms with Crippen molar-refractivity contribution < 1.29 is 20.4 Å². The van der Waals surface area contributed by atoms with E-state index in [0.29, 0.717) is 0 Å². The maximum Gasteiger partial charge on any atom is -0.147 e. The number of halogens is 2. The van der Waals surface area contributed by atoms with E-state index in [2.05, 4.69) is 40.4 Å². The first-order valence-electron chi connectivity index (χ1n) is 3.91. The average molecular weight is 242 g/mol. The second-order valence-corrected chi connectivity index (χ2v) is 3.69. The van der Waals surface area contributed by atoms with Crippen LogP contribution in [0.1, 0.15) is 33.1 Å². The molecule has 0 bridgehead atoms. The molecule has 12 heavy (non-hydrogen) atoms. The average Bonchev–Trinajstić information content (AvgIpc) is 2.30. The van der Waals surface area contributed by atoms with Gasteiger partial charge < -0.3 is 0 Å². The molecule has 0 unspecified atom stereocenters. The molecule has 0 aromatic heterocycles. The van der Waals surface area contributed by atoms with Gasteiger partial charge in [-0.2, -0.15) is 0 Å². The van der Waals surface area contributed by atoms with E-state index in [4.69, 9.17) is 0 Å². The molecule has 0 nitrogen and oxygen atoms in total. The Morgan fingerprint density at radius 2 is 1.83 bits per heavy atom. The quantitative estimate of drug-likeness (QED) is 0.646. The Kier molecular flexibility index (Phi) is 9.16. The number of hydrogen-bond donors (Lipinski definition) is 0. The van der Waals surface area contributed by atoms with Crippen molar-refractivity contribution in [3.05, 3.63) is 21.1 Å². The monoisotopic (exact) mass is 241 g/mol. The third kappa shape index (κ3) is 3.66. The Bertz CT molecular complexity index is 195. The molecule has 0 heterocycles. The van der Waals surface area contributed by atoms with Crippen molar-refractivity contribution in [2.75, 3.05) is 0 Å². The molecular weight excluding hydrogens is 227 g/mol. The van der Waals surface area contributed by atoms with Crippen molar-refractivity contribution in [2.24, 2.45) is 0 Å². The van der Waals surface area contributed by atoms with Crippen LogP contribution in [0.25, 0.3) is 0 Å². The number of rotatable bonds is 2. The van der Waals surface area contributed by atoms with E-state index in [1.807, 2.05) is 0 Å². The Labute approximate surface area is 99.1 Å². The first-order chi connectivity index (χ1) is 4.77. The van der Waals surface area contributed by atoms with Crippen molar-refractivity contribution in [2.45, 2.75) is 33.1 Å². The van der Waals surface area contributed by atoms with E-state index in [0.717, 1.165) is 0 Å². The van der Waals surface area contributed by atoms with Gasteiger partial charge in [0.1, 0.15) is 0 Å². The minimum Gasteiger partial charge on any atom is -0.147 e. The van der Waals surface area contributed by atoms with Crippen LogP contribution in [0, 0.1) is 0 Å². The predicted octanol–water partition coefficient (Wildman–Crippen LogP) is 3.78. The largest absolute Gasteiger partial charge is 0.147 e. The molecule has 1 aliphatic rings. The van der Waals surface area contributed by atoms with Crippen LogP contribution < -0.4 is 0 Å². The Hall–Kier alpha value is 0.774. The SMILES string of the molecule is CCC1=C(CC)C[C]([Ti])=C1.Cl.Cl. The summed E-state index contributed by atoms with van der Waals surface area (Å²) in [5, 5.41) is 0. The van der Waals surface area contributed by atoms with Gasteiger partial charge in [-0.1, -0.05) is 0 Å². The second-order valence-electron chi connectivity index (χ2n) is 2.68. The van der Waals surface area contributed by atoms with Gasteiger partial charge in [0.2, 0.25) is 0 Å². The van der Waals surface area contributed by atoms with E-state index in [9.17, 15) is 0 Å². The molecular formula is C9H15Cl2Ti. The first-order valence-corrected chi connectivity index (χ1v) is 4.69. The van der Waals surface area contributed by atoms with Gasteiger partial charge in [-0.05, 0) is 0 Å². The Morgan fingerprint density at radius 1 is 1.25 bits per heavy atom. The summed E-state index contributed by atoms with van der Waals surface area (Å²) >= 11 is 2.22. The van der Waals surface area contributed by atoms with Gasteiger partial charge >= 0.3 is 74.6 Å². The molecule has 0 aliphatic heterocycles. The molecule has 0 fully saturated rings. The summed E-state index contributed by atoms with van der Waals surface area (Å²) in [5.74, 6) is 0. The van der Waals surface area contributed by atoms with Crippen LogP contribution >= 0.6 is 24.8 Å². The topological polar surface area (TPSA) is 0 Å². The van der Waals surface area contributed by atoms with Gasteiger partial charge in [0.05, 0.1) is 0 Å². The fourth-order valence-electron chi connectivity index (χ4n) is 1.41. The fourth-order valence-corrected chi connectivity index (χ4v) is 2.02. The third-order valence-corrected chi connectivity index (χ3v) is 2.52. The van der Waals surface area contributed by atoms with Crippen LogP contribution in [0.5, 0.6) is 0 Å². The summed E-state index contributed by atoms with van der Waals surface area (Å²) in [6.07, 6.45) is 6.02. The van der Waals surface area contributed by atoms with Crippen molar-refractivity contribution in [3.63, 3.8) is 0 Å². The molecule has 0 saturated carbocycles. The molecule has 1 rings (SSSR count). The first kappa shape index (κ1) is 15.3. The molecule has 0 N–H and O–H groups in total. The second kappa shape index (κ2) is 7.20. The van der Waals surface area contributed by atoms with E-state index in [1.165, 1.54) is 23.1 Å². The molecule has 0 atom stereocenters. The van der Waals surface area contributed by atoms with Crippen LogP contribution in [0.15, 0.2) is 21.1 Å². The van der Waals surface area contributed by atoms with E-state index < -0.39 is 0 Å². The van der Waals surface area contributed by atoms with Gasteiger partial charge in [-0.25, -0.2) is 0 Å². The van der Waals surface area contributed by atoms with Gasteiger partial charge in [-0.3, -0.25) is 0 Å². The molecule has 69 valence electrons. The number of hydrogen-bond acceptors (Lipinski definition) is 0. The molecule has 0 radical (unpaired) electrons. The van der Waals surface area contributed by atoms with Gasteiger partial charge in [-0.15, -0.1) is 24.8 Å². The zero-order valence-electron chi connectivity index (χ0n) is 7.52. The summed E-state index contributed by atoms with van der Waals surface area (Å²) < 4.78 is 1.54. The van der Waals surface area contributed by atoms with E-state index in [-0.39, 0.29) is 24.8 Å². The summed E-state index contributed by atoms with van der Waals surface area (Å²) in [5.41, 5.74) is 3.24. The zero-order valence-corrected chi connectivity index (χ0v) is 10.7. The Balaban J connectivity index is 0. The Morgan fingerprint density at radius 3 is 2.17 bits per heavy atom. The normalized spacial score (nSPS) is 14.9. The predicted molar refractivity (Wildman–Crippen MR) is 54.8 cm³/mol. The molecule has 0 aromatic carbocycles. The molecule has 0 aromatic rings. The zero-order chi connectivity index (χ0) is 7.56. The summed E-state index contributed by atoms with van der Waals surface area (Å²) in [4.78, 5) is 0. The third-order valence-electron chi connectivity index (χ3n) is 2.01. The molecule has 3 heteroatoms. The molecule has 1 aliphatic carbocycles. The maximum absolute atomic E-state index is 2.35. The standard InChI is InChI=1S/C9H13.2ClH.Ti/c1-3-8-6-5-7-9(8)4-2;;;/h6H,3-4,7H2,1-2H3;2*1H;. The smallest absolute Gasteiger partial charge is 0.147 e. The van der Waals surface area contributed by atoms with Gasteiger partial charge in [0.25, 0.3) is 0 Å². The van der Waals surface area contributed by atoms with Crippen molar-refractivity contribution >= 4 is 24.8 Å². The molecule has 0 saturated heterocycles. The summed E-state index contributed by atoms with van der Waals surface area (Å²) in [6.45, 7) is 4.48. The van der Waals surface area contributed by atoms with Crippen molar-refractivity contribution in [1.82, 2.24) is 0 Å². The van der Waals surface area contributed by atoms with E-state index >= 15 is 0 Å². The minimum absolute atomic E-state index is 0. The van der Waals surface area contributed by atoms with Crippen LogP contribution in [-0.4, -0.2) is 0 Å². The number of allylic oxidation sites excluding steroid dienone is 4. The fraction of sp³-hybridized carbons (Fsp3) is 0.556. The van der Waals surface area contributed by atoms with Gasteiger partial charge in [0, 0.05) is 0 Å². The van der Waals surface area contributed by atoms with E-state index in [1.54, 1.807) is 11.1 Å². The molecule has 0 amide bonds. The minimum atomic E-state index is 0. The summed E-state index contributed by atoms with van der Waals surface area (Å²) in [6, 6.07) is 0. The summed E-state index contributed by atoms with van der Waals surface area (Å²) in [7, 11) is 0. The van der Waals surface area contributed by atoms with Crippen LogP contribution in [0.3, 0.4) is 0 Å². The van der Waals surface area contributed by atoms with Crippen molar-refractivity contribution in [3.8, 4) is 0 Å². The van der Waals surface area contributed by atoms with Crippen molar-refractivity contribution in [1.29, 1.82) is 0 Å². The van der Waals surface area contributed by atoms with Crippen LogP contribution in [0.4, 0.5) is 0 Å². The van der Waals surface area contributed by atoms with Crippen LogP contribution in [-0.2, 0) is 20.4 Å².